The number of carboxylic acids is 1. The molecule has 0 aromatic rings. The molecule has 0 radical (unpaired) electrons. The average Bonchev–Trinajstić information content (AvgIpc) is 2.77. The van der Waals surface area contributed by atoms with Gasteiger partial charge in [-0.05, 0) is 26.3 Å². The van der Waals surface area contributed by atoms with Crippen LogP contribution < -0.4 is 16.4 Å². The van der Waals surface area contributed by atoms with Gasteiger partial charge in [0.05, 0.1) is 6.04 Å². The number of aliphatic carboxylic acids is 1. The molecule has 5 N–H and O–H groups in total. The molecule has 0 spiro atoms. The minimum absolute atomic E-state index is 0.00223. The van der Waals surface area contributed by atoms with Gasteiger partial charge in [-0.25, -0.2) is 4.79 Å². The molecule has 194 valence electrons. The number of carboxylic acid groups (broad SMARTS) is 1. The van der Waals surface area contributed by atoms with Crippen LogP contribution in [0.5, 0.6) is 0 Å². The first kappa shape index (κ1) is 31.4. The van der Waals surface area contributed by atoms with Crippen molar-refractivity contribution in [3.8, 4) is 0 Å². The van der Waals surface area contributed by atoms with Crippen molar-refractivity contribution in [2.24, 2.45) is 5.73 Å². The molecule has 2 atom stereocenters. The maximum Gasteiger partial charge on any atom is 0.326 e. The van der Waals surface area contributed by atoms with E-state index >= 15 is 0 Å². The molecule has 0 heterocycles. The molecule has 0 saturated heterocycles. The van der Waals surface area contributed by atoms with Crippen LogP contribution in [0, 0.1) is 0 Å². The smallest absolute Gasteiger partial charge is 0.326 e. The maximum absolute atomic E-state index is 12.2. The molecule has 2 unspecified atom stereocenters. The number of nitrogens with one attached hydrogen (secondary N) is 2. The quantitative estimate of drug-likeness (QED) is 0.147. The van der Waals surface area contributed by atoms with Gasteiger partial charge >= 0.3 is 5.97 Å². The third kappa shape index (κ3) is 20.7. The van der Waals surface area contributed by atoms with Gasteiger partial charge in [-0.2, -0.15) is 0 Å². The fraction of sp³-hybridized carbons (Fsp3) is 0.885. The standard InChI is InChI=1S/C26H51N3O4/c1-3-4-5-6-7-8-9-10-11-12-13-14-15-16-17-18-21-28-22(2)25(31)29-23(26(32)33)19-20-24(27)30/h22-23,28H,3-21H2,1-2H3,(H2,27,30)(H,29,31)(H,32,33). The van der Waals surface area contributed by atoms with Gasteiger partial charge in [0.1, 0.15) is 6.04 Å². The molecule has 0 aliphatic heterocycles. The highest BCUT2D eigenvalue weighted by molar-refractivity contribution is 5.87. The Labute approximate surface area is 202 Å². The molecule has 7 nitrogen and oxygen atoms in total. The monoisotopic (exact) mass is 469 g/mol. The topological polar surface area (TPSA) is 122 Å². The van der Waals surface area contributed by atoms with Crippen molar-refractivity contribution >= 4 is 17.8 Å². The Hall–Kier alpha value is -1.63. The van der Waals surface area contributed by atoms with Crippen LogP contribution in [-0.2, 0) is 14.4 Å². The zero-order chi connectivity index (χ0) is 24.7. The van der Waals surface area contributed by atoms with Gasteiger partial charge in [-0.3, -0.25) is 9.59 Å². The van der Waals surface area contributed by atoms with Gasteiger partial charge in [0.15, 0.2) is 0 Å². The van der Waals surface area contributed by atoms with E-state index in [1.54, 1.807) is 6.92 Å². The summed E-state index contributed by atoms with van der Waals surface area (Å²) in [4.78, 5) is 34.2. The minimum atomic E-state index is -1.16. The van der Waals surface area contributed by atoms with E-state index in [2.05, 4.69) is 17.6 Å². The third-order valence-electron chi connectivity index (χ3n) is 6.17. The molecule has 7 heteroatoms. The van der Waals surface area contributed by atoms with Gasteiger partial charge < -0.3 is 21.5 Å². The molecule has 0 aliphatic rings. The Balaban J connectivity index is 3.53. The van der Waals surface area contributed by atoms with Gasteiger partial charge in [0.2, 0.25) is 11.8 Å². The van der Waals surface area contributed by atoms with Crippen molar-refractivity contribution in [3.63, 3.8) is 0 Å². The molecular weight excluding hydrogens is 418 g/mol. The fourth-order valence-corrected chi connectivity index (χ4v) is 3.93. The minimum Gasteiger partial charge on any atom is -0.480 e. The zero-order valence-electron chi connectivity index (χ0n) is 21.3. The van der Waals surface area contributed by atoms with E-state index in [1.165, 1.54) is 89.9 Å². The van der Waals surface area contributed by atoms with Crippen molar-refractivity contribution in [1.29, 1.82) is 0 Å². The summed E-state index contributed by atoms with van der Waals surface area (Å²) in [7, 11) is 0. The van der Waals surface area contributed by atoms with Gasteiger partial charge in [-0.15, -0.1) is 0 Å². The van der Waals surface area contributed by atoms with Crippen LogP contribution in [-0.4, -0.2) is 41.5 Å². The Morgan fingerprint density at radius 2 is 1.18 bits per heavy atom. The molecule has 33 heavy (non-hydrogen) atoms. The van der Waals surface area contributed by atoms with E-state index < -0.39 is 24.0 Å². The average molecular weight is 470 g/mol. The molecule has 0 saturated carbocycles. The van der Waals surface area contributed by atoms with E-state index in [-0.39, 0.29) is 18.7 Å². The van der Waals surface area contributed by atoms with Gasteiger partial charge in [0.25, 0.3) is 0 Å². The van der Waals surface area contributed by atoms with Gasteiger partial charge in [-0.1, -0.05) is 103 Å². The molecule has 0 bridgehead atoms. The fourth-order valence-electron chi connectivity index (χ4n) is 3.93. The summed E-state index contributed by atoms with van der Waals surface area (Å²) in [5.41, 5.74) is 5.05. The first-order chi connectivity index (χ1) is 15.9. The number of hydrogen-bond donors (Lipinski definition) is 4. The van der Waals surface area contributed by atoms with Crippen molar-refractivity contribution < 1.29 is 19.5 Å². The predicted molar refractivity (Wildman–Crippen MR) is 135 cm³/mol. The normalized spacial score (nSPS) is 12.9. The number of carbonyl (C=O) groups excluding carboxylic acids is 2. The van der Waals surface area contributed by atoms with Crippen LogP contribution in [0.25, 0.3) is 0 Å². The van der Waals surface area contributed by atoms with Crippen LogP contribution in [0.2, 0.25) is 0 Å². The lowest BCUT2D eigenvalue weighted by Gasteiger charge is -2.18. The van der Waals surface area contributed by atoms with Crippen molar-refractivity contribution in [2.45, 2.75) is 142 Å². The largest absolute Gasteiger partial charge is 0.480 e. The molecular formula is C26H51N3O4. The number of rotatable bonds is 24. The number of unbranched alkanes of at least 4 members (excludes halogenated alkanes) is 15. The van der Waals surface area contributed by atoms with Crippen LogP contribution in [0.4, 0.5) is 0 Å². The van der Waals surface area contributed by atoms with Crippen LogP contribution >= 0.6 is 0 Å². The second-order valence-electron chi connectivity index (χ2n) is 9.38. The van der Waals surface area contributed by atoms with E-state index in [9.17, 15) is 14.4 Å². The lowest BCUT2D eigenvalue weighted by molar-refractivity contribution is -0.142. The van der Waals surface area contributed by atoms with Crippen LogP contribution in [0.15, 0.2) is 0 Å². The maximum atomic E-state index is 12.2. The van der Waals surface area contributed by atoms with Crippen LogP contribution in [0.1, 0.15) is 129 Å². The second-order valence-corrected chi connectivity index (χ2v) is 9.38. The van der Waals surface area contributed by atoms with E-state index in [4.69, 9.17) is 10.8 Å². The highest BCUT2D eigenvalue weighted by Gasteiger charge is 2.23. The van der Waals surface area contributed by atoms with E-state index in [0.717, 1.165) is 19.4 Å². The lowest BCUT2D eigenvalue weighted by Crippen LogP contribution is -2.49. The Kier molecular flexibility index (Phi) is 21.1. The number of nitrogens with two attached hydrogens (primary N) is 1. The molecule has 0 aromatic heterocycles. The summed E-state index contributed by atoms with van der Waals surface area (Å²) in [6.07, 6.45) is 21.1. The number of primary amides is 1. The molecule has 0 fully saturated rings. The first-order valence-electron chi connectivity index (χ1n) is 13.4. The summed E-state index contributed by atoms with van der Waals surface area (Å²) in [5, 5.41) is 14.8. The molecule has 0 aliphatic carbocycles. The number of amides is 2. The summed E-state index contributed by atoms with van der Waals surface area (Å²) in [5.74, 6) is -2.11. The number of carbonyl (C=O) groups is 3. The highest BCUT2D eigenvalue weighted by Crippen LogP contribution is 2.13. The number of hydrogen-bond acceptors (Lipinski definition) is 4. The third-order valence-corrected chi connectivity index (χ3v) is 6.17. The second kappa shape index (κ2) is 22.2. The van der Waals surface area contributed by atoms with E-state index in [1.807, 2.05) is 0 Å². The SMILES string of the molecule is CCCCCCCCCCCCCCCCCCNC(C)C(=O)NC(CCC(N)=O)C(=O)O. The van der Waals surface area contributed by atoms with Crippen molar-refractivity contribution in [2.75, 3.05) is 6.54 Å². The van der Waals surface area contributed by atoms with Crippen LogP contribution in [0.3, 0.4) is 0 Å². The summed E-state index contributed by atoms with van der Waals surface area (Å²) in [6.45, 7) is 4.71. The molecule has 2 amide bonds. The Bertz CT molecular complexity index is 514. The first-order valence-corrected chi connectivity index (χ1v) is 13.4. The highest BCUT2D eigenvalue weighted by atomic mass is 16.4. The molecule has 0 rings (SSSR count). The summed E-state index contributed by atoms with van der Waals surface area (Å²) in [6, 6.07) is -1.57. The zero-order valence-corrected chi connectivity index (χ0v) is 21.3. The predicted octanol–water partition coefficient (Wildman–Crippen LogP) is 5.06. The lowest BCUT2D eigenvalue weighted by atomic mass is 10.0. The summed E-state index contributed by atoms with van der Waals surface area (Å²) >= 11 is 0. The Morgan fingerprint density at radius 3 is 1.58 bits per heavy atom. The van der Waals surface area contributed by atoms with E-state index in [0.29, 0.717) is 0 Å². The van der Waals surface area contributed by atoms with Crippen molar-refractivity contribution in [1.82, 2.24) is 10.6 Å². The van der Waals surface area contributed by atoms with Crippen molar-refractivity contribution in [3.05, 3.63) is 0 Å². The molecule has 0 aromatic carbocycles. The Morgan fingerprint density at radius 1 is 0.758 bits per heavy atom. The summed E-state index contributed by atoms with van der Waals surface area (Å²) < 4.78 is 0. The van der Waals surface area contributed by atoms with Gasteiger partial charge in [0, 0.05) is 6.42 Å².